The van der Waals surface area contributed by atoms with Crippen LogP contribution in [0.4, 0.5) is 5.69 Å². The van der Waals surface area contributed by atoms with Crippen molar-refractivity contribution in [3.63, 3.8) is 0 Å². The van der Waals surface area contributed by atoms with Crippen molar-refractivity contribution in [2.45, 2.75) is 4.90 Å². The lowest BCUT2D eigenvalue weighted by Gasteiger charge is -2.10. The van der Waals surface area contributed by atoms with Crippen LogP contribution in [0.2, 0.25) is 8.67 Å². The predicted molar refractivity (Wildman–Crippen MR) is 86.2 cm³/mol. The fourth-order valence-electron chi connectivity index (χ4n) is 1.50. The second-order valence-electron chi connectivity index (χ2n) is 3.79. The van der Waals surface area contributed by atoms with Gasteiger partial charge in [0, 0.05) is 4.47 Å². The van der Waals surface area contributed by atoms with Gasteiger partial charge in [0.2, 0.25) is 0 Å². The zero-order valence-corrected chi connectivity index (χ0v) is 14.7. The Morgan fingerprint density at radius 2 is 1.95 bits per heavy atom. The molecule has 112 valence electrons. The third-order valence-electron chi connectivity index (χ3n) is 2.37. The van der Waals surface area contributed by atoms with Crippen LogP contribution in [-0.4, -0.2) is 19.5 Å². The summed E-state index contributed by atoms with van der Waals surface area (Å²) in [7, 11) is -4.04. The molecule has 5 nitrogen and oxygen atoms in total. The largest absolute Gasteiger partial charge is 0.478 e. The van der Waals surface area contributed by atoms with E-state index in [-0.39, 0.29) is 24.8 Å². The van der Waals surface area contributed by atoms with Gasteiger partial charge in [0.1, 0.15) is 9.23 Å². The van der Waals surface area contributed by atoms with Gasteiger partial charge in [0.25, 0.3) is 10.0 Å². The van der Waals surface area contributed by atoms with Crippen molar-refractivity contribution in [3.05, 3.63) is 43.0 Å². The Morgan fingerprint density at radius 1 is 1.29 bits per heavy atom. The summed E-state index contributed by atoms with van der Waals surface area (Å²) in [5, 5.41) is 9.09. The number of aromatic carboxylic acids is 1. The maximum absolute atomic E-state index is 12.3. The van der Waals surface area contributed by atoms with Gasteiger partial charge in [0.15, 0.2) is 0 Å². The van der Waals surface area contributed by atoms with Gasteiger partial charge in [-0.2, -0.15) is 0 Å². The van der Waals surface area contributed by atoms with E-state index in [1.165, 1.54) is 24.3 Å². The Morgan fingerprint density at radius 3 is 2.48 bits per heavy atom. The third-order valence-corrected chi connectivity index (χ3v) is 5.98. The van der Waals surface area contributed by atoms with Crippen molar-refractivity contribution in [1.82, 2.24) is 0 Å². The molecule has 0 unspecified atom stereocenters. The number of thiophene rings is 1. The summed E-state index contributed by atoms with van der Waals surface area (Å²) in [6, 6.07) is 5.33. The molecule has 1 heterocycles. The fraction of sp³-hybridized carbons (Fsp3) is 0. The molecular formula is C11H6BrCl2NO4S2. The molecule has 0 amide bonds. The van der Waals surface area contributed by atoms with Crippen LogP contribution in [0.1, 0.15) is 10.4 Å². The first-order valence-corrected chi connectivity index (χ1v) is 9.06. The summed E-state index contributed by atoms with van der Waals surface area (Å²) in [5.74, 6) is -1.25. The number of carbonyl (C=O) groups is 1. The number of anilines is 1. The highest BCUT2D eigenvalue weighted by atomic mass is 79.9. The van der Waals surface area contributed by atoms with Crippen molar-refractivity contribution >= 4 is 72.1 Å². The van der Waals surface area contributed by atoms with Crippen LogP contribution < -0.4 is 4.72 Å². The topological polar surface area (TPSA) is 83.5 Å². The summed E-state index contributed by atoms with van der Waals surface area (Å²) in [4.78, 5) is 10.9. The number of nitrogens with one attached hydrogen (secondary N) is 1. The molecule has 10 heteroatoms. The van der Waals surface area contributed by atoms with Crippen LogP contribution in [0.15, 0.2) is 33.6 Å². The second-order valence-corrected chi connectivity index (χ2v) is 8.64. The Labute approximate surface area is 142 Å². The number of hydrogen-bond acceptors (Lipinski definition) is 4. The number of rotatable bonds is 4. The summed E-state index contributed by atoms with van der Waals surface area (Å²) >= 11 is 15.6. The van der Waals surface area contributed by atoms with E-state index in [0.29, 0.717) is 4.47 Å². The molecule has 0 aliphatic rings. The van der Waals surface area contributed by atoms with Crippen molar-refractivity contribution in [2.75, 3.05) is 4.72 Å². The average molecular weight is 431 g/mol. The van der Waals surface area contributed by atoms with Gasteiger partial charge in [0.05, 0.1) is 15.6 Å². The van der Waals surface area contributed by atoms with Gasteiger partial charge in [-0.25, -0.2) is 13.2 Å². The first-order valence-electron chi connectivity index (χ1n) is 5.21. The Balaban J connectivity index is 2.48. The molecule has 0 fully saturated rings. The summed E-state index contributed by atoms with van der Waals surface area (Å²) in [6.45, 7) is 0. The minimum Gasteiger partial charge on any atom is -0.478 e. The highest BCUT2D eigenvalue weighted by Crippen LogP contribution is 2.35. The van der Waals surface area contributed by atoms with Gasteiger partial charge in [-0.3, -0.25) is 4.72 Å². The van der Waals surface area contributed by atoms with E-state index < -0.39 is 16.0 Å². The van der Waals surface area contributed by atoms with Gasteiger partial charge in [-0.15, -0.1) is 11.3 Å². The molecule has 2 rings (SSSR count). The quantitative estimate of drug-likeness (QED) is 0.756. The molecule has 2 N–H and O–H groups in total. The lowest BCUT2D eigenvalue weighted by Crippen LogP contribution is -2.15. The molecule has 0 atom stereocenters. The molecule has 0 saturated carbocycles. The number of benzene rings is 1. The van der Waals surface area contributed by atoms with Crippen molar-refractivity contribution in [2.24, 2.45) is 0 Å². The standard InChI is InChI=1S/C11H6BrCl2NO4S2/c12-5-1-2-6(11(16)17)7(3-5)15-21(18,19)8-4-9(13)20-10(8)14/h1-4,15H,(H,16,17). The second kappa shape index (κ2) is 6.13. The zero-order valence-electron chi connectivity index (χ0n) is 9.93. The van der Waals surface area contributed by atoms with Crippen LogP contribution in [0.3, 0.4) is 0 Å². The van der Waals surface area contributed by atoms with Crippen LogP contribution in [-0.2, 0) is 10.0 Å². The average Bonchev–Trinajstić information content (AvgIpc) is 2.68. The third kappa shape index (κ3) is 3.70. The molecule has 0 saturated heterocycles. The Bertz CT molecular complexity index is 820. The van der Waals surface area contributed by atoms with Gasteiger partial charge in [-0.1, -0.05) is 39.1 Å². The fourth-order valence-corrected chi connectivity index (χ4v) is 5.08. The van der Waals surface area contributed by atoms with Crippen molar-refractivity contribution in [3.8, 4) is 0 Å². The molecule has 2 aromatic rings. The maximum atomic E-state index is 12.3. The van der Waals surface area contributed by atoms with Crippen molar-refractivity contribution < 1.29 is 18.3 Å². The smallest absolute Gasteiger partial charge is 0.337 e. The highest BCUT2D eigenvalue weighted by Gasteiger charge is 2.23. The minimum absolute atomic E-state index is 0.000582. The van der Waals surface area contributed by atoms with Crippen LogP contribution in [0.25, 0.3) is 0 Å². The molecule has 0 spiro atoms. The number of hydrogen-bond donors (Lipinski definition) is 2. The molecule has 0 aliphatic heterocycles. The summed E-state index contributed by atoms with van der Waals surface area (Å²) in [6.07, 6.45) is 0. The number of carboxylic acids is 1. The van der Waals surface area contributed by atoms with E-state index in [1.54, 1.807) is 0 Å². The van der Waals surface area contributed by atoms with Gasteiger partial charge < -0.3 is 5.11 Å². The normalized spacial score (nSPS) is 11.4. The van der Waals surface area contributed by atoms with Gasteiger partial charge >= 0.3 is 5.97 Å². The first kappa shape index (κ1) is 16.6. The van der Waals surface area contributed by atoms with Crippen LogP contribution in [0, 0.1) is 0 Å². The molecule has 0 bridgehead atoms. The molecule has 1 aromatic carbocycles. The predicted octanol–water partition coefficient (Wildman–Crippen LogP) is 4.32. The van der Waals surface area contributed by atoms with E-state index >= 15 is 0 Å². The molecule has 21 heavy (non-hydrogen) atoms. The first-order chi connectivity index (χ1) is 9.70. The number of halogens is 3. The van der Waals surface area contributed by atoms with E-state index in [9.17, 15) is 13.2 Å². The maximum Gasteiger partial charge on any atom is 0.337 e. The van der Waals surface area contributed by atoms with E-state index in [0.717, 1.165) is 11.3 Å². The van der Waals surface area contributed by atoms with Crippen LogP contribution in [0.5, 0.6) is 0 Å². The Hall–Kier alpha value is -0.800. The Kier molecular flexibility index (Phi) is 4.84. The molecular weight excluding hydrogens is 425 g/mol. The summed E-state index contributed by atoms with van der Waals surface area (Å²) < 4.78 is 27.5. The van der Waals surface area contributed by atoms with Crippen LogP contribution >= 0.6 is 50.5 Å². The lowest BCUT2D eigenvalue weighted by atomic mass is 10.2. The summed E-state index contributed by atoms with van der Waals surface area (Å²) in [5.41, 5.74) is -0.255. The van der Waals surface area contributed by atoms with Gasteiger partial charge in [-0.05, 0) is 24.3 Å². The molecule has 1 aromatic heterocycles. The highest BCUT2D eigenvalue weighted by molar-refractivity contribution is 9.10. The van der Waals surface area contributed by atoms with Crippen molar-refractivity contribution in [1.29, 1.82) is 0 Å². The number of sulfonamides is 1. The monoisotopic (exact) mass is 429 g/mol. The molecule has 0 radical (unpaired) electrons. The van der Waals surface area contributed by atoms with E-state index in [4.69, 9.17) is 28.3 Å². The van der Waals surface area contributed by atoms with E-state index in [2.05, 4.69) is 20.7 Å². The van der Waals surface area contributed by atoms with E-state index in [1.807, 2.05) is 0 Å². The minimum atomic E-state index is -4.04. The lowest BCUT2D eigenvalue weighted by molar-refractivity contribution is 0.0698. The number of carboxylic acid groups (broad SMARTS) is 1. The molecule has 0 aliphatic carbocycles. The zero-order chi connectivity index (χ0) is 15.8. The SMILES string of the molecule is O=C(O)c1ccc(Br)cc1NS(=O)(=O)c1cc(Cl)sc1Cl.